The van der Waals surface area contributed by atoms with E-state index in [9.17, 15) is 21.6 Å². The van der Waals surface area contributed by atoms with E-state index in [2.05, 4.69) is 4.98 Å². The van der Waals surface area contributed by atoms with E-state index >= 15 is 0 Å². The average molecular weight is 443 g/mol. The lowest BCUT2D eigenvalue weighted by atomic mass is 9.99. The summed E-state index contributed by atoms with van der Waals surface area (Å²) in [7, 11) is -4.24. The van der Waals surface area contributed by atoms with E-state index in [-0.39, 0.29) is 11.3 Å². The Morgan fingerprint density at radius 2 is 1.97 bits per heavy atom. The van der Waals surface area contributed by atoms with Gasteiger partial charge in [-0.15, -0.1) is 0 Å². The molecule has 3 heterocycles. The summed E-state index contributed by atoms with van der Waals surface area (Å²) in [6.45, 7) is 0. The number of aromatic nitrogens is 1. The maximum atomic E-state index is 13.4. The number of hydrogen-bond acceptors (Lipinski definition) is 5. The van der Waals surface area contributed by atoms with Gasteiger partial charge in [-0.25, -0.2) is 8.42 Å². The topological polar surface area (TPSA) is 100 Å². The minimum atomic E-state index is -4.68. The zero-order valence-corrected chi connectivity index (χ0v) is 16.2. The van der Waals surface area contributed by atoms with Gasteiger partial charge in [0.05, 0.1) is 12.1 Å². The fourth-order valence-electron chi connectivity index (χ4n) is 3.85. The van der Waals surface area contributed by atoms with Crippen LogP contribution >= 0.6 is 11.6 Å². The summed E-state index contributed by atoms with van der Waals surface area (Å²) in [5, 5.41) is 8.11. The monoisotopic (exact) mass is 442 g/mol. The molecule has 2 bridgehead atoms. The summed E-state index contributed by atoms with van der Waals surface area (Å²) in [4.78, 5) is 2.89. The van der Waals surface area contributed by atoms with Crippen molar-refractivity contribution >= 4 is 27.8 Å². The number of alkyl halides is 3. The zero-order valence-electron chi connectivity index (χ0n) is 14.6. The Labute approximate surface area is 169 Å². The van der Waals surface area contributed by atoms with Crippen molar-refractivity contribution in [1.82, 2.24) is 9.29 Å². The highest BCUT2D eigenvalue weighted by Gasteiger charge is 2.50. The van der Waals surface area contributed by atoms with Crippen molar-refractivity contribution in [1.29, 1.82) is 5.41 Å². The maximum Gasteiger partial charge on any atom is 0.433 e. The Morgan fingerprint density at radius 1 is 1.24 bits per heavy atom. The number of rotatable bonds is 3. The van der Waals surface area contributed by atoms with Crippen molar-refractivity contribution < 1.29 is 21.6 Å². The molecule has 2 aliphatic heterocycles. The first-order chi connectivity index (χ1) is 13.6. The molecule has 0 radical (unpaired) electrons. The number of hydrogen-bond donors (Lipinski definition) is 2. The van der Waals surface area contributed by atoms with Gasteiger partial charge in [-0.1, -0.05) is 17.7 Å². The number of nitrogens with two attached hydrogens (primary N) is 1. The van der Waals surface area contributed by atoms with Gasteiger partial charge in [0.25, 0.3) is 0 Å². The van der Waals surface area contributed by atoms with E-state index in [1.807, 2.05) is 0 Å². The number of nitrogens with zero attached hydrogens (tertiary/aromatic N) is 2. The molecular formula is C18H14ClF3N4O2S. The van der Waals surface area contributed by atoms with Crippen LogP contribution in [-0.4, -0.2) is 23.9 Å². The highest BCUT2D eigenvalue weighted by Crippen LogP contribution is 2.54. The van der Waals surface area contributed by atoms with Crippen molar-refractivity contribution in [3.05, 3.63) is 69.6 Å². The van der Waals surface area contributed by atoms with Gasteiger partial charge in [0.1, 0.15) is 10.6 Å². The van der Waals surface area contributed by atoms with Crippen molar-refractivity contribution in [3.8, 4) is 0 Å². The molecule has 1 aromatic carbocycles. The molecule has 11 heteroatoms. The minimum absolute atomic E-state index is 0.156. The molecule has 0 spiro atoms. The summed E-state index contributed by atoms with van der Waals surface area (Å²) >= 11 is 6.09. The molecule has 152 valence electrons. The van der Waals surface area contributed by atoms with Crippen molar-refractivity contribution in [2.24, 2.45) is 5.73 Å². The molecule has 4 rings (SSSR count). The third kappa shape index (κ3) is 3.02. The molecule has 0 aliphatic carbocycles. The number of pyridine rings is 1. The Bertz CT molecular complexity index is 1150. The van der Waals surface area contributed by atoms with Crippen LogP contribution in [0.5, 0.6) is 0 Å². The molecule has 3 N–H and O–H groups in total. The number of benzene rings is 1. The largest absolute Gasteiger partial charge is 0.433 e. The summed E-state index contributed by atoms with van der Waals surface area (Å²) < 4.78 is 66.2. The molecular weight excluding hydrogens is 429 g/mol. The van der Waals surface area contributed by atoms with Crippen LogP contribution in [0.2, 0.25) is 5.02 Å². The van der Waals surface area contributed by atoms with E-state index in [1.54, 1.807) is 18.2 Å². The molecule has 0 amide bonds. The fourth-order valence-corrected chi connectivity index (χ4v) is 5.72. The lowest BCUT2D eigenvalue weighted by molar-refractivity contribution is -0.141. The number of sulfonamides is 1. The van der Waals surface area contributed by atoms with Gasteiger partial charge in [-0.3, -0.25) is 4.98 Å². The van der Waals surface area contributed by atoms with E-state index in [1.165, 1.54) is 4.31 Å². The molecule has 0 saturated heterocycles. The van der Waals surface area contributed by atoms with Crippen LogP contribution in [0.15, 0.2) is 52.7 Å². The first-order valence-electron chi connectivity index (χ1n) is 8.41. The highest BCUT2D eigenvalue weighted by atomic mass is 35.5. The number of halogens is 4. The quantitative estimate of drug-likeness (QED) is 0.706. The summed E-state index contributed by atoms with van der Waals surface area (Å²) in [6.07, 6.45) is -2.83. The smallest absolute Gasteiger partial charge is 0.402 e. The second-order valence-electron chi connectivity index (χ2n) is 6.73. The van der Waals surface area contributed by atoms with E-state index in [4.69, 9.17) is 22.7 Å². The van der Waals surface area contributed by atoms with Crippen LogP contribution < -0.4 is 5.73 Å². The standard InChI is InChI=1S/C18H14ClF3N4O2S/c19-9-1-3-11-12(5-9)17-13(7-23)14(24)6-15(11)26(17)29(27,28)10-2-4-16(25-8-10)18(20,21)22/h1-5,7-8,15,17,23H,6,24H2. The van der Waals surface area contributed by atoms with Crippen LogP contribution in [0, 0.1) is 5.41 Å². The molecule has 29 heavy (non-hydrogen) atoms. The molecule has 2 atom stereocenters. The van der Waals surface area contributed by atoms with Gasteiger partial charge in [0, 0.05) is 35.1 Å². The lowest BCUT2D eigenvalue weighted by Gasteiger charge is -2.35. The number of fused-ring (bicyclic) bond motifs is 5. The predicted octanol–water partition coefficient (Wildman–Crippen LogP) is 3.81. The Balaban J connectivity index is 1.85. The van der Waals surface area contributed by atoms with E-state index < -0.39 is 34.0 Å². The first-order valence-corrected chi connectivity index (χ1v) is 10.2. The van der Waals surface area contributed by atoms with Crippen molar-refractivity contribution in [2.45, 2.75) is 29.6 Å². The summed E-state index contributed by atoms with van der Waals surface area (Å²) in [6, 6.07) is 4.94. The molecule has 2 aliphatic rings. The maximum absolute atomic E-state index is 13.4. The van der Waals surface area contributed by atoms with Gasteiger partial charge in [0.2, 0.25) is 10.0 Å². The van der Waals surface area contributed by atoms with Crippen LogP contribution in [0.3, 0.4) is 0 Å². The minimum Gasteiger partial charge on any atom is -0.402 e. The van der Waals surface area contributed by atoms with E-state index in [0.717, 1.165) is 12.3 Å². The van der Waals surface area contributed by atoms with Gasteiger partial charge in [0.15, 0.2) is 0 Å². The molecule has 0 fully saturated rings. The summed E-state index contributed by atoms with van der Waals surface area (Å²) in [5.74, 6) is 0. The van der Waals surface area contributed by atoms with Crippen LogP contribution in [0.1, 0.15) is 35.3 Å². The second-order valence-corrected chi connectivity index (χ2v) is 9.01. The Hall–Kier alpha value is -2.43. The van der Waals surface area contributed by atoms with Crippen LogP contribution in [-0.2, 0) is 16.2 Å². The zero-order chi connectivity index (χ0) is 21.1. The third-order valence-corrected chi connectivity index (χ3v) is 7.19. The average Bonchev–Trinajstić information content (AvgIpc) is 2.90. The van der Waals surface area contributed by atoms with Crippen LogP contribution in [0.4, 0.5) is 13.2 Å². The second kappa shape index (κ2) is 6.54. The number of nitrogens with one attached hydrogen (secondary N) is 1. The Morgan fingerprint density at radius 3 is 2.55 bits per heavy atom. The fraction of sp³-hybridized carbons (Fsp3) is 0.222. The van der Waals surface area contributed by atoms with Crippen molar-refractivity contribution in [3.63, 3.8) is 0 Å². The molecule has 2 unspecified atom stereocenters. The highest BCUT2D eigenvalue weighted by molar-refractivity contribution is 7.89. The Kier molecular flexibility index (Phi) is 4.48. The molecule has 6 nitrogen and oxygen atoms in total. The normalized spacial score (nSPS) is 21.9. The first kappa shape index (κ1) is 19.9. The summed E-state index contributed by atoms with van der Waals surface area (Å²) in [5.41, 5.74) is 6.89. The van der Waals surface area contributed by atoms with Crippen LogP contribution in [0.25, 0.3) is 0 Å². The third-order valence-electron chi connectivity index (χ3n) is 5.10. The van der Waals surface area contributed by atoms with Crippen molar-refractivity contribution in [2.75, 3.05) is 0 Å². The van der Waals surface area contributed by atoms with Gasteiger partial charge < -0.3 is 11.1 Å². The SMILES string of the molecule is N=CC1=C(N)CC2c3ccc(Cl)cc3C1N2S(=O)(=O)c1ccc(C(F)(F)F)nc1. The van der Waals surface area contributed by atoms with Gasteiger partial charge in [-0.05, 0) is 35.4 Å². The lowest BCUT2D eigenvalue weighted by Crippen LogP contribution is -2.38. The van der Waals surface area contributed by atoms with Gasteiger partial charge in [-0.2, -0.15) is 17.5 Å². The predicted molar refractivity (Wildman–Crippen MR) is 99.8 cm³/mol. The van der Waals surface area contributed by atoms with E-state index in [0.29, 0.717) is 39.7 Å². The molecule has 2 aromatic rings. The van der Waals surface area contributed by atoms with Gasteiger partial charge >= 0.3 is 6.18 Å². The molecule has 1 aromatic heterocycles. The molecule has 0 saturated carbocycles.